The van der Waals surface area contributed by atoms with Crippen LogP contribution in [-0.4, -0.2) is 75.9 Å². The van der Waals surface area contributed by atoms with Crippen molar-refractivity contribution in [3.63, 3.8) is 0 Å². The van der Waals surface area contributed by atoms with E-state index in [-0.39, 0.29) is 11.8 Å². The first kappa shape index (κ1) is 26.7. The average Bonchev–Trinajstić information content (AvgIpc) is 2.67. The number of aliphatic hydroxyl groups is 1. The van der Waals surface area contributed by atoms with Crippen molar-refractivity contribution in [3.8, 4) is 0 Å². The Balaban J connectivity index is 2.73. The van der Waals surface area contributed by atoms with Gasteiger partial charge in [0.15, 0.2) is 6.04 Å². The van der Waals surface area contributed by atoms with E-state index in [0.717, 1.165) is 0 Å². The molecule has 0 saturated carbocycles. The highest BCUT2D eigenvalue weighted by atomic mass is 16.6. The molecule has 3 amide bonds. The molecule has 1 rings (SSSR count). The average molecular weight is 444 g/mol. The van der Waals surface area contributed by atoms with Crippen molar-refractivity contribution < 1.29 is 34.1 Å². The van der Waals surface area contributed by atoms with E-state index in [2.05, 4.69) is 10.6 Å². The molecule has 4 N–H and O–H groups in total. The summed E-state index contributed by atoms with van der Waals surface area (Å²) in [5.74, 6) is -2.55. The number of ether oxygens (including phenoxy) is 1. The molecule has 1 heterocycles. The number of nitrogens with zero attached hydrogens (tertiary/aromatic N) is 1. The molecule has 1 aliphatic rings. The number of aliphatic hydroxyl groups excluding tert-OH is 1. The van der Waals surface area contributed by atoms with Crippen LogP contribution in [0.15, 0.2) is 0 Å². The summed E-state index contributed by atoms with van der Waals surface area (Å²) in [6.07, 6.45) is -0.468. The molecule has 4 atom stereocenters. The molecule has 0 aliphatic carbocycles. The van der Waals surface area contributed by atoms with E-state index in [1.807, 2.05) is 13.8 Å². The number of carboxylic acids is 1. The van der Waals surface area contributed by atoms with Crippen LogP contribution in [0.5, 0.6) is 0 Å². The fourth-order valence-electron chi connectivity index (χ4n) is 3.34. The van der Waals surface area contributed by atoms with Crippen molar-refractivity contribution in [1.29, 1.82) is 0 Å². The van der Waals surface area contributed by atoms with Gasteiger partial charge in [-0.2, -0.15) is 0 Å². The summed E-state index contributed by atoms with van der Waals surface area (Å²) in [5, 5.41) is 23.7. The summed E-state index contributed by atoms with van der Waals surface area (Å²) >= 11 is 0. The molecule has 0 aromatic rings. The van der Waals surface area contributed by atoms with Gasteiger partial charge >= 0.3 is 12.1 Å². The summed E-state index contributed by atoms with van der Waals surface area (Å²) in [6.45, 7) is 11.0. The van der Waals surface area contributed by atoms with Crippen LogP contribution in [0, 0.1) is 11.8 Å². The number of hydrogen-bond donors (Lipinski definition) is 4. The van der Waals surface area contributed by atoms with E-state index in [0.29, 0.717) is 32.4 Å². The Morgan fingerprint density at radius 1 is 1.06 bits per heavy atom. The third-order valence-electron chi connectivity index (χ3n) is 5.37. The molecule has 0 unspecified atom stereocenters. The molecule has 1 saturated heterocycles. The maximum absolute atomic E-state index is 13.1. The molecule has 0 radical (unpaired) electrons. The molecule has 31 heavy (non-hydrogen) atoms. The predicted molar refractivity (Wildman–Crippen MR) is 113 cm³/mol. The highest BCUT2D eigenvalue weighted by Gasteiger charge is 2.36. The van der Waals surface area contributed by atoms with Crippen molar-refractivity contribution in [3.05, 3.63) is 0 Å². The lowest BCUT2D eigenvalue weighted by atomic mass is 9.93. The Labute approximate surface area is 183 Å². The van der Waals surface area contributed by atoms with Crippen LogP contribution in [0.2, 0.25) is 0 Å². The largest absolute Gasteiger partial charge is 0.480 e. The van der Waals surface area contributed by atoms with Gasteiger partial charge in [-0.15, -0.1) is 0 Å². The lowest BCUT2D eigenvalue weighted by Gasteiger charge is -2.36. The van der Waals surface area contributed by atoms with Gasteiger partial charge in [-0.25, -0.2) is 9.59 Å². The summed E-state index contributed by atoms with van der Waals surface area (Å²) in [4.78, 5) is 50.5. The first-order chi connectivity index (χ1) is 14.3. The zero-order valence-electron chi connectivity index (χ0n) is 19.3. The number of carbonyl (C=O) groups is 4. The zero-order chi connectivity index (χ0) is 23.9. The van der Waals surface area contributed by atoms with Crippen molar-refractivity contribution in [2.75, 3.05) is 13.1 Å². The maximum atomic E-state index is 13.1. The monoisotopic (exact) mass is 443 g/mol. The Hall–Kier alpha value is -2.36. The summed E-state index contributed by atoms with van der Waals surface area (Å²) < 4.78 is 5.28. The maximum Gasteiger partial charge on any atom is 0.408 e. The fourth-order valence-corrected chi connectivity index (χ4v) is 3.34. The minimum absolute atomic E-state index is 0.108. The van der Waals surface area contributed by atoms with Gasteiger partial charge in [-0.3, -0.25) is 9.59 Å². The molecule has 10 nitrogen and oxygen atoms in total. The normalized spacial score (nSPS) is 19.0. The Morgan fingerprint density at radius 3 is 2.03 bits per heavy atom. The summed E-state index contributed by atoms with van der Waals surface area (Å²) in [6, 6.07) is -2.11. The molecule has 1 fully saturated rings. The standard InChI is InChI=1S/C21H37N3O7/c1-7-12(2)15(23-20(30)31-21(4,5)6)18(27)24-10-8-14(9-11-24)17(26)22-16(13(3)25)19(28)29/h12-16,25H,7-11H2,1-6H3,(H,22,26)(H,23,30)(H,28,29)/t12-,13+,15+,16+/m1/s1. The first-order valence-corrected chi connectivity index (χ1v) is 10.8. The molecule has 0 aromatic heterocycles. The van der Waals surface area contributed by atoms with Crippen LogP contribution in [0.3, 0.4) is 0 Å². The molecule has 178 valence electrons. The molecule has 0 aromatic carbocycles. The van der Waals surface area contributed by atoms with Crippen molar-refractivity contribution in [2.24, 2.45) is 11.8 Å². The number of aliphatic carboxylic acids is 1. The Kier molecular flexibility index (Phi) is 9.73. The van der Waals surface area contributed by atoms with Gasteiger partial charge in [0.25, 0.3) is 0 Å². The van der Waals surface area contributed by atoms with E-state index in [1.165, 1.54) is 6.92 Å². The second-order valence-electron chi connectivity index (χ2n) is 9.17. The number of alkyl carbamates (subject to hydrolysis) is 1. The third-order valence-corrected chi connectivity index (χ3v) is 5.37. The van der Waals surface area contributed by atoms with Crippen molar-refractivity contribution in [1.82, 2.24) is 15.5 Å². The van der Waals surface area contributed by atoms with Crippen LogP contribution >= 0.6 is 0 Å². The minimum Gasteiger partial charge on any atom is -0.480 e. The van der Waals surface area contributed by atoms with E-state index in [1.54, 1.807) is 25.7 Å². The fraction of sp³-hybridized carbons (Fsp3) is 0.810. The van der Waals surface area contributed by atoms with Crippen LogP contribution in [0.25, 0.3) is 0 Å². The number of carbonyl (C=O) groups excluding carboxylic acids is 3. The van der Waals surface area contributed by atoms with Gasteiger partial charge in [0.05, 0.1) is 6.10 Å². The lowest BCUT2D eigenvalue weighted by molar-refractivity contribution is -0.146. The van der Waals surface area contributed by atoms with E-state index in [9.17, 15) is 24.3 Å². The van der Waals surface area contributed by atoms with Crippen molar-refractivity contribution >= 4 is 23.9 Å². The van der Waals surface area contributed by atoms with Gasteiger partial charge in [0, 0.05) is 19.0 Å². The topological polar surface area (TPSA) is 145 Å². The van der Waals surface area contributed by atoms with Gasteiger partial charge < -0.3 is 30.5 Å². The molecule has 1 aliphatic heterocycles. The molecular formula is C21H37N3O7. The minimum atomic E-state index is -1.38. The number of amides is 3. The zero-order valence-corrected chi connectivity index (χ0v) is 19.3. The number of hydrogen-bond acceptors (Lipinski definition) is 6. The van der Waals surface area contributed by atoms with Gasteiger partial charge in [0.2, 0.25) is 11.8 Å². The highest BCUT2D eigenvalue weighted by molar-refractivity contribution is 5.87. The lowest BCUT2D eigenvalue weighted by Crippen LogP contribution is -2.55. The van der Waals surface area contributed by atoms with Gasteiger partial charge in [-0.05, 0) is 46.5 Å². The molecular weight excluding hydrogens is 406 g/mol. The van der Waals surface area contributed by atoms with Gasteiger partial charge in [-0.1, -0.05) is 20.3 Å². The summed E-state index contributed by atoms with van der Waals surface area (Å²) in [5.41, 5.74) is -0.682. The SMILES string of the molecule is CC[C@@H](C)[C@H](NC(=O)OC(C)(C)C)C(=O)N1CCC(C(=O)N[C@H](C(=O)O)[C@H](C)O)CC1. The van der Waals surface area contributed by atoms with E-state index < -0.39 is 47.7 Å². The first-order valence-electron chi connectivity index (χ1n) is 10.8. The van der Waals surface area contributed by atoms with Crippen LogP contribution in [0.1, 0.15) is 60.8 Å². The third kappa shape index (κ3) is 8.35. The van der Waals surface area contributed by atoms with Crippen LogP contribution in [0.4, 0.5) is 4.79 Å². The number of nitrogens with one attached hydrogen (secondary N) is 2. The highest BCUT2D eigenvalue weighted by Crippen LogP contribution is 2.21. The Bertz CT molecular complexity index is 652. The number of rotatable bonds is 8. The molecule has 0 spiro atoms. The van der Waals surface area contributed by atoms with Gasteiger partial charge in [0.1, 0.15) is 11.6 Å². The number of piperidine rings is 1. The van der Waals surface area contributed by atoms with E-state index >= 15 is 0 Å². The van der Waals surface area contributed by atoms with E-state index in [4.69, 9.17) is 9.84 Å². The van der Waals surface area contributed by atoms with Crippen molar-refractivity contribution in [2.45, 2.75) is 84.6 Å². The predicted octanol–water partition coefficient (Wildman–Crippen LogP) is 1.11. The van der Waals surface area contributed by atoms with Crippen LogP contribution in [-0.2, 0) is 19.1 Å². The quantitative estimate of drug-likeness (QED) is 0.440. The molecule has 0 bridgehead atoms. The second-order valence-corrected chi connectivity index (χ2v) is 9.17. The number of carboxylic acid groups (broad SMARTS) is 1. The smallest absolute Gasteiger partial charge is 0.408 e. The summed E-state index contributed by atoms with van der Waals surface area (Å²) in [7, 11) is 0. The second kappa shape index (κ2) is 11.3. The molecule has 10 heteroatoms. The Morgan fingerprint density at radius 2 is 1.61 bits per heavy atom. The number of likely N-dealkylation sites (tertiary alicyclic amines) is 1. The van der Waals surface area contributed by atoms with Crippen LogP contribution < -0.4 is 10.6 Å².